The molecule has 0 fully saturated rings. The molecule has 0 radical (unpaired) electrons. The zero-order chi connectivity index (χ0) is 26.0. The minimum absolute atomic E-state index is 0.0544. The summed E-state index contributed by atoms with van der Waals surface area (Å²) in [6.07, 6.45) is 0.935. The van der Waals surface area contributed by atoms with Gasteiger partial charge in [0.05, 0.1) is 27.5 Å². The number of amides is 1. The van der Waals surface area contributed by atoms with Gasteiger partial charge in [0, 0.05) is 20.8 Å². The molecule has 0 aliphatic rings. The Morgan fingerprint density at radius 2 is 1.40 bits per heavy atom. The Labute approximate surface area is 222 Å². The lowest BCUT2D eigenvalue weighted by atomic mass is 10.3. The van der Waals surface area contributed by atoms with Gasteiger partial charge in [-0.3, -0.25) is 13.8 Å². The molecule has 0 atom stereocenters. The molecule has 3 aromatic rings. The van der Waals surface area contributed by atoms with Gasteiger partial charge in [0.2, 0.25) is 15.9 Å². The van der Waals surface area contributed by atoms with Gasteiger partial charge < -0.3 is 5.32 Å². The third-order valence-electron chi connectivity index (χ3n) is 4.43. The third kappa shape index (κ3) is 7.39. The summed E-state index contributed by atoms with van der Waals surface area (Å²) in [6.45, 7) is -0.572. The molecule has 0 aliphatic carbocycles. The maximum Gasteiger partial charge on any atom is 0.261 e. The van der Waals surface area contributed by atoms with E-state index in [1.54, 1.807) is 0 Å². The predicted molar refractivity (Wildman–Crippen MR) is 141 cm³/mol. The first-order chi connectivity index (χ1) is 16.2. The maximum atomic E-state index is 12.6. The molecular formula is C21H17Cl4N3O5S2. The third-order valence-corrected chi connectivity index (χ3v) is 7.93. The molecule has 8 nitrogen and oxygen atoms in total. The Bertz CT molecular complexity index is 1460. The van der Waals surface area contributed by atoms with Crippen LogP contribution in [-0.2, 0) is 24.8 Å². The second-order valence-electron chi connectivity index (χ2n) is 7.20. The van der Waals surface area contributed by atoms with Crippen molar-refractivity contribution < 1.29 is 21.6 Å². The Kier molecular flexibility index (Phi) is 8.46. The summed E-state index contributed by atoms with van der Waals surface area (Å²) >= 11 is 23.8. The number of nitrogens with zero attached hydrogens (tertiary/aromatic N) is 1. The summed E-state index contributed by atoms with van der Waals surface area (Å²) in [5, 5.41) is 3.40. The number of hydrogen-bond donors (Lipinski definition) is 2. The first-order valence-corrected chi connectivity index (χ1v) is 14.4. The van der Waals surface area contributed by atoms with E-state index in [9.17, 15) is 21.6 Å². The van der Waals surface area contributed by atoms with Gasteiger partial charge in [0.1, 0.15) is 6.54 Å². The van der Waals surface area contributed by atoms with E-state index in [0.717, 1.165) is 10.6 Å². The number of nitrogens with one attached hydrogen (secondary N) is 2. The maximum absolute atomic E-state index is 12.6. The molecule has 2 N–H and O–H groups in total. The van der Waals surface area contributed by atoms with Crippen molar-refractivity contribution >= 4 is 89.4 Å². The largest absolute Gasteiger partial charge is 0.325 e. The van der Waals surface area contributed by atoms with Crippen LogP contribution in [0.1, 0.15) is 0 Å². The van der Waals surface area contributed by atoms with Crippen molar-refractivity contribution in [3.63, 3.8) is 0 Å². The highest BCUT2D eigenvalue weighted by molar-refractivity contribution is 7.92. The molecule has 0 spiro atoms. The number of sulfonamides is 2. The van der Waals surface area contributed by atoms with Crippen molar-refractivity contribution in [3.8, 4) is 0 Å². The summed E-state index contributed by atoms with van der Waals surface area (Å²) in [7, 11) is -7.83. The van der Waals surface area contributed by atoms with Gasteiger partial charge in [-0.05, 0) is 60.7 Å². The van der Waals surface area contributed by atoms with Gasteiger partial charge in [-0.15, -0.1) is 0 Å². The zero-order valence-corrected chi connectivity index (χ0v) is 22.5. The van der Waals surface area contributed by atoms with Crippen molar-refractivity contribution in [1.29, 1.82) is 0 Å². The fraction of sp³-hybridized carbons (Fsp3) is 0.0952. The van der Waals surface area contributed by atoms with Crippen molar-refractivity contribution in [3.05, 3.63) is 80.8 Å². The van der Waals surface area contributed by atoms with E-state index in [1.807, 2.05) is 0 Å². The van der Waals surface area contributed by atoms with Gasteiger partial charge in [0.15, 0.2) is 0 Å². The van der Waals surface area contributed by atoms with Crippen molar-refractivity contribution in [2.75, 3.05) is 27.1 Å². The first-order valence-electron chi connectivity index (χ1n) is 9.56. The standard InChI is InChI=1S/C21H17Cl4N3O5S2/c1-34(30,31)28(20-7-2-13(22)11-19(20)25)12-21(29)26-16-3-5-18(6-4-16)35(32,33)27-17-9-14(23)8-15(24)10-17/h2-11,27H,12H2,1H3,(H,26,29). The smallest absolute Gasteiger partial charge is 0.261 e. The van der Waals surface area contributed by atoms with Crippen LogP contribution < -0.4 is 14.3 Å². The summed E-state index contributed by atoms with van der Waals surface area (Å²) < 4.78 is 53.0. The average Bonchev–Trinajstić information content (AvgIpc) is 2.71. The molecule has 3 aromatic carbocycles. The fourth-order valence-corrected chi connectivity index (χ4v) is 5.94. The Morgan fingerprint density at radius 1 is 0.800 bits per heavy atom. The number of carbonyl (C=O) groups is 1. The number of benzene rings is 3. The second-order valence-corrected chi connectivity index (χ2v) is 12.5. The van der Waals surface area contributed by atoms with E-state index in [0.29, 0.717) is 5.02 Å². The highest BCUT2D eigenvalue weighted by Crippen LogP contribution is 2.30. The van der Waals surface area contributed by atoms with Gasteiger partial charge in [-0.25, -0.2) is 16.8 Å². The SMILES string of the molecule is CS(=O)(=O)N(CC(=O)Nc1ccc(S(=O)(=O)Nc2cc(Cl)cc(Cl)c2)cc1)c1ccc(Cl)cc1Cl. The molecule has 35 heavy (non-hydrogen) atoms. The summed E-state index contributed by atoms with van der Waals surface area (Å²) in [6, 6.07) is 13.7. The molecule has 0 unspecified atom stereocenters. The number of hydrogen-bond acceptors (Lipinski definition) is 5. The normalized spacial score (nSPS) is 11.7. The fourth-order valence-electron chi connectivity index (χ4n) is 2.94. The minimum atomic E-state index is -3.97. The van der Waals surface area contributed by atoms with Gasteiger partial charge >= 0.3 is 0 Å². The van der Waals surface area contributed by atoms with Crippen LogP contribution in [0.2, 0.25) is 20.1 Å². The molecule has 0 aromatic heterocycles. The van der Waals surface area contributed by atoms with Crippen LogP contribution in [0, 0.1) is 0 Å². The van der Waals surface area contributed by atoms with Gasteiger partial charge in [0.25, 0.3) is 10.0 Å². The molecule has 0 bridgehead atoms. The lowest BCUT2D eigenvalue weighted by Crippen LogP contribution is -2.37. The second kappa shape index (κ2) is 10.8. The monoisotopic (exact) mass is 595 g/mol. The molecule has 14 heteroatoms. The van der Waals surface area contributed by atoms with Crippen molar-refractivity contribution in [2.45, 2.75) is 4.90 Å². The van der Waals surface area contributed by atoms with E-state index < -0.39 is 32.5 Å². The van der Waals surface area contributed by atoms with E-state index in [4.69, 9.17) is 46.4 Å². The zero-order valence-electron chi connectivity index (χ0n) is 17.8. The quantitative estimate of drug-likeness (QED) is 0.356. The lowest BCUT2D eigenvalue weighted by molar-refractivity contribution is -0.114. The highest BCUT2D eigenvalue weighted by atomic mass is 35.5. The predicted octanol–water partition coefficient (Wildman–Crippen LogP) is 5.51. The van der Waals surface area contributed by atoms with E-state index in [1.165, 1.54) is 60.7 Å². The summed E-state index contributed by atoms with van der Waals surface area (Å²) in [4.78, 5) is 12.5. The highest BCUT2D eigenvalue weighted by Gasteiger charge is 2.23. The Morgan fingerprint density at radius 3 is 1.94 bits per heavy atom. The Hall–Kier alpha value is -2.21. The van der Waals surface area contributed by atoms with Crippen LogP contribution >= 0.6 is 46.4 Å². The topological polar surface area (TPSA) is 113 Å². The van der Waals surface area contributed by atoms with E-state index >= 15 is 0 Å². The molecule has 1 amide bonds. The molecule has 0 heterocycles. The molecule has 0 saturated carbocycles. The van der Waals surface area contributed by atoms with Crippen LogP contribution in [0.25, 0.3) is 0 Å². The van der Waals surface area contributed by atoms with Crippen molar-refractivity contribution in [1.82, 2.24) is 0 Å². The van der Waals surface area contributed by atoms with Crippen LogP contribution in [0.4, 0.5) is 17.1 Å². The number of carbonyl (C=O) groups excluding carboxylic acids is 1. The van der Waals surface area contributed by atoms with E-state index in [2.05, 4.69) is 10.0 Å². The number of rotatable bonds is 8. The molecule has 0 saturated heterocycles. The average molecular weight is 597 g/mol. The Balaban J connectivity index is 1.74. The molecular weight excluding hydrogens is 580 g/mol. The minimum Gasteiger partial charge on any atom is -0.325 e. The summed E-state index contributed by atoms with van der Waals surface area (Å²) in [5.41, 5.74) is 0.513. The molecule has 0 aliphatic heterocycles. The number of halogens is 4. The lowest BCUT2D eigenvalue weighted by Gasteiger charge is -2.23. The van der Waals surface area contributed by atoms with E-state index in [-0.39, 0.29) is 37.0 Å². The van der Waals surface area contributed by atoms with Crippen LogP contribution in [0.5, 0.6) is 0 Å². The molecule has 186 valence electrons. The molecule has 3 rings (SSSR count). The van der Waals surface area contributed by atoms with Gasteiger partial charge in [-0.2, -0.15) is 0 Å². The summed E-state index contributed by atoms with van der Waals surface area (Å²) in [5.74, 6) is -0.677. The first kappa shape index (κ1) is 27.4. The van der Waals surface area contributed by atoms with Crippen molar-refractivity contribution in [2.24, 2.45) is 0 Å². The van der Waals surface area contributed by atoms with Crippen LogP contribution in [0.15, 0.2) is 65.6 Å². The number of anilines is 3. The van der Waals surface area contributed by atoms with Crippen LogP contribution in [0.3, 0.4) is 0 Å². The van der Waals surface area contributed by atoms with Gasteiger partial charge in [-0.1, -0.05) is 46.4 Å². The van der Waals surface area contributed by atoms with Crippen LogP contribution in [-0.4, -0.2) is 35.5 Å².